The number of hydrogen-bond acceptors (Lipinski definition) is 3. The third kappa shape index (κ3) is 3.07. The Hall–Kier alpha value is -0.430. The fourth-order valence-corrected chi connectivity index (χ4v) is 4.09. The van der Waals surface area contributed by atoms with Crippen molar-refractivity contribution in [1.82, 2.24) is 4.31 Å². The van der Waals surface area contributed by atoms with Gasteiger partial charge in [-0.2, -0.15) is 4.31 Å². The molecule has 1 aliphatic rings. The van der Waals surface area contributed by atoms with Crippen LogP contribution in [0.4, 0.5) is 0 Å². The highest BCUT2D eigenvalue weighted by molar-refractivity contribution is 9.09. The maximum Gasteiger partial charge on any atom is 0.218 e. The topological polar surface area (TPSA) is 57.6 Å². The van der Waals surface area contributed by atoms with Crippen LogP contribution < -0.4 is 0 Å². The molecule has 1 aromatic rings. The summed E-state index contributed by atoms with van der Waals surface area (Å²) in [5.74, 6) is -0.0136. The van der Waals surface area contributed by atoms with Gasteiger partial charge >= 0.3 is 0 Å². The number of hydrogen-bond donors (Lipinski definition) is 1. The van der Waals surface area contributed by atoms with Crippen LogP contribution in [0.15, 0.2) is 30.3 Å². The normalized spacial score (nSPS) is 26.2. The van der Waals surface area contributed by atoms with Crippen LogP contribution in [-0.4, -0.2) is 41.9 Å². The first kappa shape index (κ1) is 13.0. The summed E-state index contributed by atoms with van der Waals surface area (Å²) in [6.45, 7) is 0.501. The van der Waals surface area contributed by atoms with E-state index in [0.717, 1.165) is 5.56 Å². The molecule has 0 amide bonds. The minimum Gasteiger partial charge on any atom is -0.391 e. The standard InChI is InChI=1S/C11H14BrNO3S/c12-10-6-13(7-11(10)14)17(15,16)8-9-4-2-1-3-5-9/h1-5,10-11,14H,6-8H2. The van der Waals surface area contributed by atoms with Crippen molar-refractivity contribution in [3.8, 4) is 0 Å². The van der Waals surface area contributed by atoms with Crippen LogP contribution in [0, 0.1) is 0 Å². The molecule has 17 heavy (non-hydrogen) atoms. The number of nitrogens with zero attached hydrogens (tertiary/aromatic N) is 1. The van der Waals surface area contributed by atoms with Gasteiger partial charge in [-0.15, -0.1) is 0 Å². The summed E-state index contributed by atoms with van der Waals surface area (Å²) in [6.07, 6.45) is -0.624. The van der Waals surface area contributed by atoms with Gasteiger partial charge in [0, 0.05) is 13.1 Å². The molecule has 1 saturated heterocycles. The van der Waals surface area contributed by atoms with E-state index in [-0.39, 0.29) is 17.1 Å². The van der Waals surface area contributed by atoms with Gasteiger partial charge in [0.05, 0.1) is 16.7 Å². The van der Waals surface area contributed by atoms with Crippen LogP contribution in [0.5, 0.6) is 0 Å². The van der Waals surface area contributed by atoms with Crippen LogP contribution in [-0.2, 0) is 15.8 Å². The number of aliphatic hydroxyl groups is 1. The lowest BCUT2D eigenvalue weighted by Gasteiger charge is -2.15. The van der Waals surface area contributed by atoms with Crippen LogP contribution in [0.2, 0.25) is 0 Å². The van der Waals surface area contributed by atoms with Crippen molar-refractivity contribution >= 4 is 26.0 Å². The Morgan fingerprint density at radius 1 is 1.29 bits per heavy atom. The van der Waals surface area contributed by atoms with E-state index in [1.54, 1.807) is 12.1 Å². The SMILES string of the molecule is O=S(=O)(Cc1ccccc1)N1CC(O)C(Br)C1. The van der Waals surface area contributed by atoms with E-state index in [9.17, 15) is 13.5 Å². The highest BCUT2D eigenvalue weighted by Gasteiger charge is 2.36. The number of rotatable bonds is 3. The van der Waals surface area contributed by atoms with Gasteiger partial charge in [0.15, 0.2) is 0 Å². The lowest BCUT2D eigenvalue weighted by molar-refractivity contribution is 0.194. The Labute approximate surface area is 109 Å². The molecule has 2 unspecified atom stereocenters. The van der Waals surface area contributed by atoms with Crippen LogP contribution in [0.3, 0.4) is 0 Å². The van der Waals surface area contributed by atoms with E-state index in [2.05, 4.69) is 15.9 Å². The molecule has 1 heterocycles. The van der Waals surface area contributed by atoms with Gasteiger partial charge in [-0.25, -0.2) is 8.42 Å². The monoisotopic (exact) mass is 319 g/mol. The van der Waals surface area contributed by atoms with Crippen molar-refractivity contribution in [2.24, 2.45) is 0 Å². The second-order valence-corrected chi connectivity index (χ2v) is 7.29. The third-order valence-electron chi connectivity index (χ3n) is 2.77. The molecule has 1 N–H and O–H groups in total. The molecule has 94 valence electrons. The predicted molar refractivity (Wildman–Crippen MR) is 69.4 cm³/mol. The molecule has 4 nitrogen and oxygen atoms in total. The summed E-state index contributed by atoms with van der Waals surface area (Å²) in [7, 11) is -3.34. The summed E-state index contributed by atoms with van der Waals surface area (Å²) in [4.78, 5) is -0.173. The Balaban J connectivity index is 2.10. The largest absolute Gasteiger partial charge is 0.391 e. The van der Waals surface area contributed by atoms with Gasteiger partial charge in [-0.05, 0) is 5.56 Å². The summed E-state index contributed by atoms with van der Waals surface area (Å²) >= 11 is 3.27. The Morgan fingerprint density at radius 3 is 2.47 bits per heavy atom. The van der Waals surface area contributed by atoms with E-state index in [0.29, 0.717) is 6.54 Å². The Morgan fingerprint density at radius 2 is 1.94 bits per heavy atom. The van der Waals surface area contributed by atoms with E-state index in [1.807, 2.05) is 18.2 Å². The third-order valence-corrected chi connectivity index (χ3v) is 5.45. The van der Waals surface area contributed by atoms with Crippen LogP contribution in [0.1, 0.15) is 5.56 Å². The van der Waals surface area contributed by atoms with E-state index < -0.39 is 16.1 Å². The first-order valence-electron chi connectivity index (χ1n) is 5.33. The van der Waals surface area contributed by atoms with Crippen LogP contribution >= 0.6 is 15.9 Å². The lowest BCUT2D eigenvalue weighted by atomic mass is 10.2. The number of sulfonamides is 1. The Kier molecular flexibility index (Phi) is 3.87. The average molecular weight is 320 g/mol. The summed E-state index contributed by atoms with van der Waals surface area (Å²) in [6, 6.07) is 9.06. The van der Waals surface area contributed by atoms with E-state index in [1.165, 1.54) is 4.31 Å². The number of alkyl halides is 1. The maximum atomic E-state index is 12.1. The average Bonchev–Trinajstić information content (AvgIpc) is 2.61. The zero-order chi connectivity index (χ0) is 12.5. The molecule has 1 aromatic carbocycles. The first-order chi connectivity index (χ1) is 7.99. The summed E-state index contributed by atoms with van der Waals surface area (Å²) in [5, 5.41) is 9.54. The van der Waals surface area contributed by atoms with E-state index in [4.69, 9.17) is 0 Å². The van der Waals surface area contributed by atoms with Crippen molar-refractivity contribution in [3.63, 3.8) is 0 Å². The van der Waals surface area contributed by atoms with Crippen LogP contribution in [0.25, 0.3) is 0 Å². The second kappa shape index (κ2) is 5.06. The minimum atomic E-state index is -3.34. The van der Waals surface area contributed by atoms with Gasteiger partial charge in [0.25, 0.3) is 0 Å². The number of aliphatic hydroxyl groups excluding tert-OH is 1. The van der Waals surface area contributed by atoms with Gasteiger partial charge in [0.1, 0.15) is 0 Å². The summed E-state index contributed by atoms with van der Waals surface area (Å²) < 4.78 is 25.5. The smallest absolute Gasteiger partial charge is 0.218 e. The summed E-state index contributed by atoms with van der Waals surface area (Å²) in [5.41, 5.74) is 0.764. The molecular formula is C11H14BrNO3S. The quantitative estimate of drug-likeness (QED) is 0.844. The molecule has 2 rings (SSSR count). The molecule has 1 fully saturated rings. The molecule has 1 aliphatic heterocycles. The van der Waals surface area contributed by atoms with E-state index >= 15 is 0 Å². The van der Waals surface area contributed by atoms with Crippen molar-refractivity contribution < 1.29 is 13.5 Å². The molecule has 0 aromatic heterocycles. The number of halogens is 1. The molecule has 2 atom stereocenters. The molecule has 0 spiro atoms. The second-order valence-electron chi connectivity index (χ2n) is 4.14. The van der Waals surface area contributed by atoms with Gasteiger partial charge < -0.3 is 5.11 Å². The van der Waals surface area contributed by atoms with Crippen molar-refractivity contribution in [2.75, 3.05) is 13.1 Å². The fraction of sp³-hybridized carbons (Fsp3) is 0.455. The highest BCUT2D eigenvalue weighted by Crippen LogP contribution is 2.22. The molecule has 0 bridgehead atoms. The van der Waals surface area contributed by atoms with Gasteiger partial charge in [-0.3, -0.25) is 0 Å². The van der Waals surface area contributed by atoms with Crippen molar-refractivity contribution in [2.45, 2.75) is 16.7 Å². The number of benzene rings is 1. The van der Waals surface area contributed by atoms with Gasteiger partial charge in [0.2, 0.25) is 10.0 Å². The predicted octanol–water partition coefficient (Wildman–Crippen LogP) is 0.956. The zero-order valence-corrected chi connectivity index (χ0v) is 11.6. The lowest BCUT2D eigenvalue weighted by Crippen LogP contribution is -2.30. The molecule has 0 saturated carbocycles. The van der Waals surface area contributed by atoms with Crippen molar-refractivity contribution in [3.05, 3.63) is 35.9 Å². The minimum absolute atomic E-state index is 0.0136. The molecule has 0 aliphatic carbocycles. The maximum absolute atomic E-state index is 12.1. The fourth-order valence-electron chi connectivity index (χ4n) is 1.82. The highest BCUT2D eigenvalue weighted by atomic mass is 79.9. The van der Waals surface area contributed by atoms with Gasteiger partial charge in [-0.1, -0.05) is 46.3 Å². The Bertz CT molecular complexity index is 467. The molecular weight excluding hydrogens is 306 g/mol. The zero-order valence-electron chi connectivity index (χ0n) is 9.16. The molecule has 6 heteroatoms. The van der Waals surface area contributed by atoms with Crippen molar-refractivity contribution in [1.29, 1.82) is 0 Å². The number of β-amino-alcohol motifs (C(OH)–C–C–N with tert-alkyl or cyclic N) is 1. The molecule has 0 radical (unpaired) electrons. The first-order valence-corrected chi connectivity index (χ1v) is 7.85.